The molecular formula is C13H15NO2. The van der Waals surface area contributed by atoms with Gasteiger partial charge in [0.05, 0.1) is 18.4 Å². The van der Waals surface area contributed by atoms with Crippen LogP contribution in [0, 0.1) is 0 Å². The molecular weight excluding hydrogens is 202 g/mol. The summed E-state index contributed by atoms with van der Waals surface area (Å²) in [6, 6.07) is 9.76. The van der Waals surface area contributed by atoms with E-state index in [2.05, 4.69) is 4.98 Å². The van der Waals surface area contributed by atoms with E-state index in [0.717, 1.165) is 10.8 Å². The molecule has 1 N–H and O–H groups in total. The third-order valence-corrected chi connectivity index (χ3v) is 2.27. The Balaban J connectivity index is 2.59. The summed E-state index contributed by atoms with van der Waals surface area (Å²) in [5.74, 6) is 0.595. The van der Waals surface area contributed by atoms with Gasteiger partial charge in [0.15, 0.2) is 0 Å². The predicted molar refractivity (Wildman–Crippen MR) is 63.4 cm³/mol. The van der Waals surface area contributed by atoms with Gasteiger partial charge in [-0.05, 0) is 31.4 Å². The minimum absolute atomic E-state index is 0.0701. The van der Waals surface area contributed by atoms with Crippen molar-refractivity contribution in [3.63, 3.8) is 0 Å². The zero-order valence-electron chi connectivity index (χ0n) is 9.47. The first-order valence-corrected chi connectivity index (χ1v) is 5.37. The van der Waals surface area contributed by atoms with E-state index in [-0.39, 0.29) is 12.7 Å². The molecule has 84 valence electrons. The van der Waals surface area contributed by atoms with Crippen LogP contribution in [-0.2, 0) is 6.61 Å². The van der Waals surface area contributed by atoms with Crippen molar-refractivity contribution < 1.29 is 9.84 Å². The monoisotopic (exact) mass is 217 g/mol. The third-order valence-electron chi connectivity index (χ3n) is 2.27. The van der Waals surface area contributed by atoms with E-state index < -0.39 is 0 Å². The molecule has 3 heteroatoms. The summed E-state index contributed by atoms with van der Waals surface area (Å²) >= 11 is 0. The highest BCUT2D eigenvalue weighted by atomic mass is 16.5. The Labute approximate surface area is 94.7 Å². The van der Waals surface area contributed by atoms with E-state index in [4.69, 9.17) is 9.84 Å². The average molecular weight is 217 g/mol. The Bertz CT molecular complexity index is 494. The maximum absolute atomic E-state index is 9.14. The largest absolute Gasteiger partial charge is 0.474 e. The van der Waals surface area contributed by atoms with Crippen LogP contribution in [0.4, 0.5) is 0 Å². The standard InChI is InChI=1S/C13H15NO2/c1-9(2)16-13-12-6-4-3-5-10(12)7-11(8-15)14-13/h3-7,9,15H,8H2,1-2H3. The second kappa shape index (κ2) is 4.49. The second-order valence-electron chi connectivity index (χ2n) is 3.96. The first-order valence-electron chi connectivity index (χ1n) is 5.37. The number of pyridine rings is 1. The van der Waals surface area contributed by atoms with E-state index in [9.17, 15) is 0 Å². The molecule has 1 aromatic carbocycles. The number of aromatic nitrogens is 1. The van der Waals surface area contributed by atoms with Crippen LogP contribution in [0.1, 0.15) is 19.5 Å². The smallest absolute Gasteiger partial charge is 0.221 e. The highest BCUT2D eigenvalue weighted by Gasteiger charge is 2.07. The maximum Gasteiger partial charge on any atom is 0.221 e. The predicted octanol–water partition coefficient (Wildman–Crippen LogP) is 2.51. The Hall–Kier alpha value is -1.61. The highest BCUT2D eigenvalue weighted by Crippen LogP contribution is 2.25. The first kappa shape index (κ1) is 10.9. The van der Waals surface area contributed by atoms with Crippen LogP contribution in [0.25, 0.3) is 10.8 Å². The van der Waals surface area contributed by atoms with Crippen molar-refractivity contribution in [1.29, 1.82) is 0 Å². The van der Waals surface area contributed by atoms with Crippen LogP contribution in [0.5, 0.6) is 5.88 Å². The van der Waals surface area contributed by atoms with Crippen molar-refractivity contribution in [3.8, 4) is 5.88 Å². The number of ether oxygens (including phenoxy) is 1. The lowest BCUT2D eigenvalue weighted by atomic mass is 10.1. The normalized spacial score (nSPS) is 11.0. The molecule has 1 heterocycles. The van der Waals surface area contributed by atoms with Crippen LogP contribution in [-0.4, -0.2) is 16.2 Å². The van der Waals surface area contributed by atoms with Gasteiger partial charge in [0.2, 0.25) is 5.88 Å². The zero-order chi connectivity index (χ0) is 11.5. The molecule has 3 nitrogen and oxygen atoms in total. The van der Waals surface area contributed by atoms with Crippen LogP contribution in [0.15, 0.2) is 30.3 Å². The van der Waals surface area contributed by atoms with Crippen molar-refractivity contribution in [3.05, 3.63) is 36.0 Å². The minimum Gasteiger partial charge on any atom is -0.474 e. The van der Waals surface area contributed by atoms with Gasteiger partial charge in [-0.3, -0.25) is 0 Å². The Morgan fingerprint density at radius 2 is 2.06 bits per heavy atom. The van der Waals surface area contributed by atoms with Gasteiger partial charge in [-0.25, -0.2) is 4.98 Å². The van der Waals surface area contributed by atoms with Crippen molar-refractivity contribution in [2.24, 2.45) is 0 Å². The molecule has 0 amide bonds. The van der Waals surface area contributed by atoms with E-state index in [1.807, 2.05) is 44.2 Å². The summed E-state index contributed by atoms with van der Waals surface area (Å²) in [6.07, 6.45) is 0.0739. The van der Waals surface area contributed by atoms with Gasteiger partial charge < -0.3 is 9.84 Å². The first-order chi connectivity index (χ1) is 7.70. The number of hydrogen-bond donors (Lipinski definition) is 1. The minimum atomic E-state index is -0.0701. The summed E-state index contributed by atoms with van der Waals surface area (Å²) in [6.45, 7) is 3.85. The number of benzene rings is 1. The number of nitrogens with zero attached hydrogens (tertiary/aromatic N) is 1. The molecule has 0 aliphatic carbocycles. The second-order valence-corrected chi connectivity index (χ2v) is 3.96. The molecule has 0 fully saturated rings. The van der Waals surface area contributed by atoms with Crippen LogP contribution in [0.2, 0.25) is 0 Å². The van der Waals surface area contributed by atoms with Crippen molar-refractivity contribution in [1.82, 2.24) is 4.98 Å². The van der Waals surface area contributed by atoms with Gasteiger partial charge in [0, 0.05) is 5.39 Å². The summed E-state index contributed by atoms with van der Waals surface area (Å²) in [5, 5.41) is 11.2. The summed E-state index contributed by atoms with van der Waals surface area (Å²) < 4.78 is 5.65. The highest BCUT2D eigenvalue weighted by molar-refractivity contribution is 5.87. The molecule has 0 saturated heterocycles. The van der Waals surface area contributed by atoms with E-state index in [0.29, 0.717) is 11.6 Å². The molecule has 0 radical (unpaired) electrons. The molecule has 0 atom stereocenters. The lowest BCUT2D eigenvalue weighted by Crippen LogP contribution is -2.08. The van der Waals surface area contributed by atoms with Crippen LogP contribution < -0.4 is 4.74 Å². The number of rotatable bonds is 3. The van der Waals surface area contributed by atoms with Gasteiger partial charge in [-0.15, -0.1) is 0 Å². The number of fused-ring (bicyclic) bond motifs is 1. The maximum atomic E-state index is 9.14. The molecule has 0 aliphatic heterocycles. The van der Waals surface area contributed by atoms with E-state index in [1.165, 1.54) is 0 Å². The number of hydrogen-bond acceptors (Lipinski definition) is 3. The third kappa shape index (κ3) is 2.14. The fourth-order valence-electron chi connectivity index (χ4n) is 1.61. The molecule has 0 saturated carbocycles. The molecule has 16 heavy (non-hydrogen) atoms. The fraction of sp³-hybridized carbons (Fsp3) is 0.308. The van der Waals surface area contributed by atoms with Gasteiger partial charge >= 0.3 is 0 Å². The van der Waals surface area contributed by atoms with Crippen LogP contribution in [0.3, 0.4) is 0 Å². The van der Waals surface area contributed by atoms with E-state index in [1.54, 1.807) is 0 Å². The zero-order valence-corrected chi connectivity index (χ0v) is 9.47. The van der Waals surface area contributed by atoms with Gasteiger partial charge in [0.1, 0.15) is 0 Å². The molecule has 0 aliphatic rings. The summed E-state index contributed by atoms with van der Waals surface area (Å²) in [4.78, 5) is 4.29. The number of aliphatic hydroxyl groups excluding tert-OH is 1. The lowest BCUT2D eigenvalue weighted by Gasteiger charge is -2.12. The topological polar surface area (TPSA) is 42.4 Å². The number of aliphatic hydroxyl groups is 1. The van der Waals surface area contributed by atoms with Crippen molar-refractivity contribution in [2.75, 3.05) is 0 Å². The van der Waals surface area contributed by atoms with Crippen LogP contribution >= 0.6 is 0 Å². The van der Waals surface area contributed by atoms with E-state index >= 15 is 0 Å². The summed E-state index contributed by atoms with van der Waals surface area (Å²) in [7, 11) is 0. The molecule has 2 aromatic rings. The Kier molecular flexibility index (Phi) is 3.06. The van der Waals surface area contributed by atoms with Gasteiger partial charge in [-0.2, -0.15) is 0 Å². The fourth-order valence-corrected chi connectivity index (χ4v) is 1.61. The molecule has 0 unspecified atom stereocenters. The van der Waals surface area contributed by atoms with Gasteiger partial charge in [-0.1, -0.05) is 18.2 Å². The molecule has 1 aromatic heterocycles. The molecule has 2 rings (SSSR count). The quantitative estimate of drug-likeness (QED) is 0.859. The molecule has 0 spiro atoms. The summed E-state index contributed by atoms with van der Waals surface area (Å²) in [5.41, 5.74) is 0.634. The van der Waals surface area contributed by atoms with Crippen molar-refractivity contribution in [2.45, 2.75) is 26.6 Å². The van der Waals surface area contributed by atoms with Gasteiger partial charge in [0.25, 0.3) is 0 Å². The Morgan fingerprint density at radius 1 is 1.31 bits per heavy atom. The van der Waals surface area contributed by atoms with Crippen molar-refractivity contribution >= 4 is 10.8 Å². The lowest BCUT2D eigenvalue weighted by molar-refractivity contribution is 0.231. The molecule has 0 bridgehead atoms. The Morgan fingerprint density at radius 3 is 2.75 bits per heavy atom. The SMILES string of the molecule is CC(C)Oc1nc(CO)cc2ccccc12. The average Bonchev–Trinajstić information content (AvgIpc) is 2.28.